The number of nitrogens with one attached hydrogen (secondary N) is 1. The third-order valence-corrected chi connectivity index (χ3v) is 10.1. The summed E-state index contributed by atoms with van der Waals surface area (Å²) in [5.41, 5.74) is 2.60. The number of anilines is 1. The molecule has 4 aromatic rings. The standard InChI is InChI=1S/C37H42ClN3O6S/c1-6-27(3)39-37(43)33(22-28-11-8-7-9-12-28)40(24-29-13-10-14-30(38)21-29)36(42)25-41(31-17-20-34(46-4)35(23-31)47-5)48(44,45)32-18-15-26(2)16-19-32/h7-21,23,27,33H,6,22,24-25H2,1-5H3,(H,39,43)/t27-,33-/m1/s1. The molecule has 11 heteroatoms. The molecule has 48 heavy (non-hydrogen) atoms. The Hall–Kier alpha value is -4.54. The second-order valence-corrected chi connectivity index (χ2v) is 13.8. The number of ether oxygens (including phenoxy) is 2. The second kappa shape index (κ2) is 16.5. The minimum absolute atomic E-state index is 0.00688. The third-order valence-electron chi connectivity index (χ3n) is 8.06. The Morgan fingerprint density at radius 3 is 2.15 bits per heavy atom. The number of hydrogen-bond donors (Lipinski definition) is 1. The van der Waals surface area contributed by atoms with Gasteiger partial charge in [-0.1, -0.05) is 78.7 Å². The average molecular weight is 692 g/mol. The van der Waals surface area contributed by atoms with Gasteiger partial charge in [-0.05, 0) is 67.8 Å². The van der Waals surface area contributed by atoms with Crippen LogP contribution in [0.4, 0.5) is 5.69 Å². The lowest BCUT2D eigenvalue weighted by Gasteiger charge is -2.34. The summed E-state index contributed by atoms with van der Waals surface area (Å²) < 4.78 is 40.6. The van der Waals surface area contributed by atoms with Crippen molar-refractivity contribution < 1.29 is 27.5 Å². The molecule has 0 radical (unpaired) electrons. The highest BCUT2D eigenvalue weighted by Gasteiger charge is 2.35. The maximum Gasteiger partial charge on any atom is 0.264 e. The molecule has 0 saturated carbocycles. The minimum atomic E-state index is -4.28. The summed E-state index contributed by atoms with van der Waals surface area (Å²) in [5.74, 6) is -0.243. The van der Waals surface area contributed by atoms with Gasteiger partial charge in [0.25, 0.3) is 10.0 Å². The second-order valence-electron chi connectivity index (χ2n) is 11.5. The summed E-state index contributed by atoms with van der Waals surface area (Å²) in [4.78, 5) is 30.1. The summed E-state index contributed by atoms with van der Waals surface area (Å²) in [5, 5.41) is 3.51. The van der Waals surface area contributed by atoms with Gasteiger partial charge in [-0.3, -0.25) is 13.9 Å². The van der Waals surface area contributed by atoms with Gasteiger partial charge in [-0.15, -0.1) is 0 Å². The molecular formula is C37H42ClN3O6S. The zero-order valence-corrected chi connectivity index (χ0v) is 29.4. The van der Waals surface area contributed by atoms with Crippen LogP contribution in [0.15, 0.2) is 102 Å². The molecule has 254 valence electrons. The maximum atomic E-state index is 14.7. The fourth-order valence-corrected chi connectivity index (χ4v) is 6.79. The molecule has 2 amide bonds. The Kier molecular flexibility index (Phi) is 12.5. The molecule has 0 saturated heterocycles. The first-order chi connectivity index (χ1) is 23.0. The lowest BCUT2D eigenvalue weighted by molar-refractivity contribution is -0.140. The fourth-order valence-electron chi connectivity index (χ4n) is 5.17. The summed E-state index contributed by atoms with van der Waals surface area (Å²) in [6.07, 6.45) is 0.893. The number of benzene rings is 4. The predicted octanol–water partition coefficient (Wildman–Crippen LogP) is 6.42. The highest BCUT2D eigenvalue weighted by Crippen LogP contribution is 2.34. The first-order valence-electron chi connectivity index (χ1n) is 15.7. The van der Waals surface area contributed by atoms with E-state index in [9.17, 15) is 18.0 Å². The number of rotatable bonds is 15. The van der Waals surface area contributed by atoms with Crippen molar-refractivity contribution in [2.45, 2.75) is 57.1 Å². The lowest BCUT2D eigenvalue weighted by Crippen LogP contribution is -2.54. The number of aryl methyl sites for hydroxylation is 1. The van der Waals surface area contributed by atoms with E-state index >= 15 is 0 Å². The number of hydrogen-bond acceptors (Lipinski definition) is 6. The molecule has 9 nitrogen and oxygen atoms in total. The van der Waals surface area contributed by atoms with E-state index in [-0.39, 0.29) is 41.2 Å². The van der Waals surface area contributed by atoms with Gasteiger partial charge in [0.05, 0.1) is 24.8 Å². The summed E-state index contributed by atoms with van der Waals surface area (Å²) in [6.45, 7) is 5.12. The molecule has 0 aromatic heterocycles. The zero-order chi connectivity index (χ0) is 34.8. The fraction of sp³-hybridized carbons (Fsp3) is 0.297. The number of methoxy groups -OCH3 is 2. The first kappa shape index (κ1) is 36.3. The number of nitrogens with zero attached hydrogens (tertiary/aromatic N) is 2. The monoisotopic (exact) mass is 691 g/mol. The Labute approximate surface area is 288 Å². The van der Waals surface area contributed by atoms with Gasteiger partial charge < -0.3 is 19.7 Å². The van der Waals surface area contributed by atoms with Crippen molar-refractivity contribution in [2.24, 2.45) is 0 Å². The Morgan fingerprint density at radius 2 is 1.52 bits per heavy atom. The van der Waals surface area contributed by atoms with Crippen LogP contribution in [0.1, 0.15) is 37.0 Å². The highest BCUT2D eigenvalue weighted by molar-refractivity contribution is 7.92. The van der Waals surface area contributed by atoms with Crippen molar-refractivity contribution >= 4 is 39.1 Å². The number of halogens is 1. The van der Waals surface area contributed by atoms with E-state index in [1.54, 1.807) is 42.5 Å². The minimum Gasteiger partial charge on any atom is -0.493 e. The molecular weight excluding hydrogens is 650 g/mol. The van der Waals surface area contributed by atoms with Crippen molar-refractivity contribution in [3.05, 3.63) is 119 Å². The normalized spacial score (nSPS) is 12.5. The molecule has 4 rings (SSSR count). The highest BCUT2D eigenvalue weighted by atomic mass is 35.5. The van der Waals surface area contributed by atoms with E-state index in [1.165, 1.54) is 37.3 Å². The molecule has 2 atom stereocenters. The molecule has 0 heterocycles. The van der Waals surface area contributed by atoms with Crippen LogP contribution in [-0.2, 0) is 32.6 Å². The number of amides is 2. The van der Waals surface area contributed by atoms with E-state index in [4.69, 9.17) is 21.1 Å². The average Bonchev–Trinajstić information content (AvgIpc) is 3.08. The topological polar surface area (TPSA) is 105 Å². The van der Waals surface area contributed by atoms with E-state index < -0.39 is 28.5 Å². The van der Waals surface area contributed by atoms with Crippen molar-refractivity contribution in [2.75, 3.05) is 25.1 Å². The number of carbonyl (C=O) groups excluding carboxylic acids is 2. The van der Waals surface area contributed by atoms with Crippen molar-refractivity contribution in [3.8, 4) is 11.5 Å². The quantitative estimate of drug-likeness (QED) is 0.154. The van der Waals surface area contributed by atoms with Crippen LogP contribution in [0.25, 0.3) is 0 Å². The summed E-state index contributed by atoms with van der Waals surface area (Å²) in [6, 6.07) is 26.4. The molecule has 0 spiro atoms. The van der Waals surface area contributed by atoms with E-state index in [2.05, 4.69) is 5.32 Å². The van der Waals surface area contributed by atoms with Gasteiger partial charge in [-0.25, -0.2) is 8.42 Å². The molecule has 4 aromatic carbocycles. The van der Waals surface area contributed by atoms with Crippen molar-refractivity contribution in [1.29, 1.82) is 0 Å². The molecule has 0 unspecified atom stereocenters. The molecule has 0 aliphatic heterocycles. The van der Waals surface area contributed by atoms with Crippen LogP contribution in [-0.4, -0.2) is 58.0 Å². The van der Waals surface area contributed by atoms with Gasteiger partial charge in [0.1, 0.15) is 12.6 Å². The zero-order valence-electron chi connectivity index (χ0n) is 27.9. The lowest BCUT2D eigenvalue weighted by atomic mass is 10.0. The Balaban J connectivity index is 1.85. The van der Waals surface area contributed by atoms with Crippen LogP contribution >= 0.6 is 11.6 Å². The number of sulfonamides is 1. The van der Waals surface area contributed by atoms with E-state index in [1.807, 2.05) is 57.2 Å². The van der Waals surface area contributed by atoms with Gasteiger partial charge in [-0.2, -0.15) is 0 Å². The van der Waals surface area contributed by atoms with Crippen LogP contribution in [0.3, 0.4) is 0 Å². The maximum absolute atomic E-state index is 14.7. The van der Waals surface area contributed by atoms with Gasteiger partial charge in [0, 0.05) is 30.1 Å². The largest absolute Gasteiger partial charge is 0.493 e. The molecule has 0 aliphatic rings. The van der Waals surface area contributed by atoms with Crippen molar-refractivity contribution in [1.82, 2.24) is 10.2 Å². The van der Waals surface area contributed by atoms with Gasteiger partial charge >= 0.3 is 0 Å². The molecule has 0 fully saturated rings. The van der Waals surface area contributed by atoms with Gasteiger partial charge in [0.2, 0.25) is 11.8 Å². The van der Waals surface area contributed by atoms with E-state index in [0.29, 0.717) is 22.8 Å². The van der Waals surface area contributed by atoms with Crippen molar-refractivity contribution in [3.63, 3.8) is 0 Å². The van der Waals surface area contributed by atoms with Gasteiger partial charge in [0.15, 0.2) is 11.5 Å². The SMILES string of the molecule is CC[C@@H](C)NC(=O)[C@@H](Cc1ccccc1)N(Cc1cccc(Cl)c1)C(=O)CN(c1ccc(OC)c(OC)c1)S(=O)(=O)c1ccc(C)cc1. The summed E-state index contributed by atoms with van der Waals surface area (Å²) in [7, 11) is -1.36. The van der Waals surface area contributed by atoms with Crippen LogP contribution in [0.2, 0.25) is 5.02 Å². The van der Waals surface area contributed by atoms with Crippen LogP contribution in [0, 0.1) is 6.92 Å². The predicted molar refractivity (Wildman–Crippen MR) is 189 cm³/mol. The summed E-state index contributed by atoms with van der Waals surface area (Å²) >= 11 is 6.33. The third kappa shape index (κ3) is 9.08. The molecule has 1 N–H and O–H groups in total. The Bertz CT molecular complexity index is 1800. The first-order valence-corrected chi connectivity index (χ1v) is 17.5. The smallest absolute Gasteiger partial charge is 0.264 e. The van der Waals surface area contributed by atoms with Crippen LogP contribution in [0.5, 0.6) is 11.5 Å². The van der Waals surface area contributed by atoms with E-state index in [0.717, 1.165) is 15.4 Å². The Morgan fingerprint density at radius 1 is 0.854 bits per heavy atom. The molecule has 0 aliphatic carbocycles. The number of carbonyl (C=O) groups is 2. The van der Waals surface area contributed by atoms with Crippen LogP contribution < -0.4 is 19.1 Å². The molecule has 0 bridgehead atoms.